The molecule has 1 saturated carbocycles. The van der Waals surface area contributed by atoms with E-state index < -0.39 is 29.0 Å². The lowest BCUT2D eigenvalue weighted by Crippen LogP contribution is -2.35. The van der Waals surface area contributed by atoms with Gasteiger partial charge in [0.25, 0.3) is 0 Å². The monoisotopic (exact) mass is 488 g/mol. The van der Waals surface area contributed by atoms with Crippen LogP contribution in [0.1, 0.15) is 28.8 Å². The molecular weight excluding hydrogens is 467 g/mol. The van der Waals surface area contributed by atoms with Crippen LogP contribution in [0.2, 0.25) is 0 Å². The van der Waals surface area contributed by atoms with Crippen molar-refractivity contribution >= 4 is 34.7 Å². The summed E-state index contributed by atoms with van der Waals surface area (Å²) >= 11 is 0. The van der Waals surface area contributed by atoms with Gasteiger partial charge in [0.05, 0.1) is 11.8 Å². The first-order valence-electron chi connectivity index (χ1n) is 11.1. The Balaban J connectivity index is 1.27. The highest BCUT2D eigenvalue weighted by molar-refractivity contribution is 6.16. The van der Waals surface area contributed by atoms with Crippen molar-refractivity contribution in [1.82, 2.24) is 9.61 Å². The van der Waals surface area contributed by atoms with Gasteiger partial charge in [-0.15, -0.1) is 0 Å². The Morgan fingerprint density at radius 2 is 1.56 bits per heavy atom. The molecule has 1 aliphatic carbocycles. The molecule has 10 heteroatoms. The Kier molecular flexibility index (Phi) is 5.63. The number of halogens is 1. The lowest BCUT2D eigenvalue weighted by Gasteiger charge is -2.16. The molecule has 4 aromatic rings. The molecule has 0 bridgehead atoms. The quantitative estimate of drug-likeness (QED) is 0.326. The summed E-state index contributed by atoms with van der Waals surface area (Å²) in [7, 11) is 0. The maximum atomic E-state index is 13.1. The molecule has 0 unspecified atom stereocenters. The second-order valence-corrected chi connectivity index (χ2v) is 8.59. The SMILES string of the molecule is Cc1c(C(=O)O)cn2nccc(Oc3ccc(NC(=O)C4(C(=O)Nc5ccc(F)cc5)CC4)cc3)c12. The van der Waals surface area contributed by atoms with Crippen LogP contribution < -0.4 is 15.4 Å². The van der Waals surface area contributed by atoms with Crippen LogP contribution in [0.25, 0.3) is 5.52 Å². The number of hydrogen-bond donors (Lipinski definition) is 3. The third-order valence-electron chi connectivity index (χ3n) is 6.18. The second-order valence-electron chi connectivity index (χ2n) is 8.59. The van der Waals surface area contributed by atoms with E-state index in [4.69, 9.17) is 4.74 Å². The van der Waals surface area contributed by atoms with Crippen molar-refractivity contribution in [2.75, 3.05) is 10.6 Å². The van der Waals surface area contributed by atoms with Gasteiger partial charge in [0, 0.05) is 23.6 Å². The number of ether oxygens (including phenoxy) is 1. The summed E-state index contributed by atoms with van der Waals surface area (Å²) in [6.45, 7) is 1.69. The smallest absolute Gasteiger partial charge is 0.337 e. The number of carbonyl (C=O) groups excluding carboxylic acids is 2. The minimum atomic E-state index is -1.17. The molecule has 0 atom stereocenters. The van der Waals surface area contributed by atoms with Crippen LogP contribution in [-0.4, -0.2) is 32.5 Å². The molecule has 36 heavy (non-hydrogen) atoms. The molecule has 1 fully saturated rings. The van der Waals surface area contributed by atoms with E-state index in [-0.39, 0.29) is 5.56 Å². The fourth-order valence-electron chi connectivity index (χ4n) is 3.97. The zero-order valence-electron chi connectivity index (χ0n) is 19.1. The summed E-state index contributed by atoms with van der Waals surface area (Å²) in [6, 6.07) is 13.6. The number of benzene rings is 2. The minimum Gasteiger partial charge on any atom is -0.478 e. The molecule has 5 rings (SSSR count). The third kappa shape index (κ3) is 4.24. The Labute approximate surface area is 204 Å². The van der Waals surface area contributed by atoms with Crippen molar-refractivity contribution in [3.8, 4) is 11.5 Å². The maximum absolute atomic E-state index is 13.1. The molecule has 2 aromatic carbocycles. The van der Waals surface area contributed by atoms with E-state index in [9.17, 15) is 23.9 Å². The van der Waals surface area contributed by atoms with Crippen molar-refractivity contribution in [3.05, 3.63) is 83.9 Å². The van der Waals surface area contributed by atoms with E-state index >= 15 is 0 Å². The van der Waals surface area contributed by atoms with Crippen LogP contribution in [0.4, 0.5) is 15.8 Å². The highest BCUT2D eigenvalue weighted by Gasteiger charge is 2.56. The van der Waals surface area contributed by atoms with Crippen LogP contribution >= 0.6 is 0 Å². The van der Waals surface area contributed by atoms with E-state index in [1.807, 2.05) is 0 Å². The second kappa shape index (κ2) is 8.81. The average Bonchev–Trinajstić information content (AvgIpc) is 3.60. The lowest BCUT2D eigenvalue weighted by atomic mass is 10.0. The van der Waals surface area contributed by atoms with Gasteiger partial charge in [-0.25, -0.2) is 13.7 Å². The van der Waals surface area contributed by atoms with E-state index in [2.05, 4.69) is 15.7 Å². The van der Waals surface area contributed by atoms with Gasteiger partial charge in [-0.1, -0.05) is 0 Å². The molecule has 182 valence electrons. The van der Waals surface area contributed by atoms with Crippen molar-refractivity contribution < 1.29 is 28.6 Å². The number of anilines is 2. The Hall–Kier alpha value is -4.73. The predicted molar refractivity (Wildman–Crippen MR) is 129 cm³/mol. The normalized spacial score (nSPS) is 13.7. The first-order valence-corrected chi connectivity index (χ1v) is 11.1. The number of aryl methyl sites for hydroxylation is 1. The molecule has 0 aliphatic heterocycles. The average molecular weight is 488 g/mol. The first-order chi connectivity index (χ1) is 17.3. The summed E-state index contributed by atoms with van der Waals surface area (Å²) in [5, 5.41) is 19.0. The number of carboxylic acids is 1. The topological polar surface area (TPSA) is 122 Å². The summed E-state index contributed by atoms with van der Waals surface area (Å²) in [5.74, 6) is -1.42. The standard InChI is InChI=1S/C26H21FN4O5/c1-15-20(23(32)33)14-31-22(15)21(10-13-28-31)36-19-8-6-18(7-9-19)30-25(35)26(11-12-26)24(34)29-17-4-2-16(27)3-5-17/h2-10,13-14H,11-12H2,1H3,(H,29,34)(H,30,35)(H,32,33). The van der Waals surface area contributed by atoms with Gasteiger partial charge < -0.3 is 20.5 Å². The molecule has 2 amide bonds. The van der Waals surface area contributed by atoms with Crippen molar-refractivity contribution in [3.63, 3.8) is 0 Å². The number of rotatable bonds is 7. The van der Waals surface area contributed by atoms with E-state index in [1.165, 1.54) is 41.2 Å². The predicted octanol–water partition coefficient (Wildman–Crippen LogP) is 4.63. The number of nitrogens with zero attached hydrogens (tertiary/aromatic N) is 2. The van der Waals surface area contributed by atoms with Crippen LogP contribution in [-0.2, 0) is 9.59 Å². The van der Waals surface area contributed by atoms with E-state index in [0.717, 1.165) is 0 Å². The number of aromatic carboxylic acids is 1. The fraction of sp³-hybridized carbons (Fsp3) is 0.154. The maximum Gasteiger partial charge on any atom is 0.337 e. The Morgan fingerprint density at radius 1 is 0.972 bits per heavy atom. The number of aromatic nitrogens is 2. The van der Waals surface area contributed by atoms with E-state index in [1.54, 1.807) is 37.3 Å². The number of fused-ring (bicyclic) bond motifs is 1. The van der Waals surface area contributed by atoms with Crippen LogP contribution in [0.3, 0.4) is 0 Å². The van der Waals surface area contributed by atoms with Crippen LogP contribution in [0.15, 0.2) is 67.0 Å². The fourth-order valence-corrected chi connectivity index (χ4v) is 3.97. The van der Waals surface area contributed by atoms with Crippen molar-refractivity contribution in [2.45, 2.75) is 19.8 Å². The van der Waals surface area contributed by atoms with Gasteiger partial charge >= 0.3 is 5.97 Å². The number of amides is 2. The van der Waals surface area contributed by atoms with Gasteiger partial charge in [0.1, 0.15) is 22.5 Å². The Morgan fingerprint density at radius 3 is 2.11 bits per heavy atom. The molecule has 0 radical (unpaired) electrons. The summed E-state index contributed by atoms with van der Waals surface area (Å²) in [6.07, 6.45) is 3.77. The molecule has 0 spiro atoms. The zero-order chi connectivity index (χ0) is 25.4. The highest BCUT2D eigenvalue weighted by atomic mass is 19.1. The minimum absolute atomic E-state index is 0.133. The van der Waals surface area contributed by atoms with Gasteiger partial charge in [-0.3, -0.25) is 9.59 Å². The molecule has 2 heterocycles. The largest absolute Gasteiger partial charge is 0.478 e. The molecule has 3 N–H and O–H groups in total. The number of nitrogens with one attached hydrogen (secondary N) is 2. The molecule has 2 aromatic heterocycles. The van der Waals surface area contributed by atoms with Gasteiger partial charge in [0.2, 0.25) is 11.8 Å². The van der Waals surface area contributed by atoms with Crippen LogP contribution in [0, 0.1) is 18.2 Å². The zero-order valence-corrected chi connectivity index (χ0v) is 19.1. The van der Waals surface area contributed by atoms with Crippen LogP contribution in [0.5, 0.6) is 11.5 Å². The van der Waals surface area contributed by atoms with Crippen molar-refractivity contribution in [1.29, 1.82) is 0 Å². The summed E-state index contributed by atoms with van der Waals surface area (Å²) in [5.41, 5.74) is 0.939. The molecule has 0 saturated heterocycles. The highest BCUT2D eigenvalue weighted by Crippen LogP contribution is 2.47. The van der Waals surface area contributed by atoms with Gasteiger partial charge in [-0.05, 0) is 73.9 Å². The van der Waals surface area contributed by atoms with Crippen molar-refractivity contribution in [2.24, 2.45) is 5.41 Å². The molecule has 9 nitrogen and oxygen atoms in total. The number of carbonyl (C=O) groups is 3. The lowest BCUT2D eigenvalue weighted by molar-refractivity contribution is -0.131. The van der Waals surface area contributed by atoms with E-state index in [0.29, 0.717) is 46.8 Å². The first kappa shape index (κ1) is 23.0. The summed E-state index contributed by atoms with van der Waals surface area (Å²) < 4.78 is 20.5. The molecular formula is C26H21FN4O5. The third-order valence-corrected chi connectivity index (χ3v) is 6.18. The summed E-state index contributed by atoms with van der Waals surface area (Å²) in [4.78, 5) is 37.1. The number of hydrogen-bond acceptors (Lipinski definition) is 5. The van der Waals surface area contributed by atoms with Gasteiger partial charge in [0.15, 0.2) is 5.75 Å². The molecule has 1 aliphatic rings. The van der Waals surface area contributed by atoms with Gasteiger partial charge in [-0.2, -0.15) is 5.10 Å². The number of carboxylic acid groups (broad SMARTS) is 1. The Bertz CT molecular complexity index is 1490.